The standard InChI is InChI=1S/C21H19ClN6O/c1-28-10-8-17(27-28)15-6-3-7-16(11-15)18-19(29-2)20(26-21(22)25-18)24-13-14-5-4-9-23-12-14/h3-12H,13H2,1-2H3,(H,24,25,26). The SMILES string of the molecule is COc1c(NCc2cccnc2)nc(Cl)nc1-c1cccc(-c2ccn(C)n2)c1. The quantitative estimate of drug-likeness (QED) is 0.483. The Hall–Kier alpha value is -3.45. The lowest BCUT2D eigenvalue weighted by atomic mass is 10.1. The van der Waals surface area contributed by atoms with Crippen molar-refractivity contribution in [2.24, 2.45) is 7.05 Å². The van der Waals surface area contributed by atoms with Crippen molar-refractivity contribution in [3.05, 3.63) is 71.9 Å². The highest BCUT2D eigenvalue weighted by Crippen LogP contribution is 2.36. The zero-order valence-electron chi connectivity index (χ0n) is 16.0. The maximum atomic E-state index is 6.22. The fourth-order valence-corrected chi connectivity index (χ4v) is 3.18. The van der Waals surface area contributed by atoms with Gasteiger partial charge in [-0.15, -0.1) is 0 Å². The van der Waals surface area contributed by atoms with Crippen molar-refractivity contribution < 1.29 is 4.74 Å². The van der Waals surface area contributed by atoms with Gasteiger partial charge in [0.05, 0.1) is 12.8 Å². The summed E-state index contributed by atoms with van der Waals surface area (Å²) in [5.41, 5.74) is 4.34. The van der Waals surface area contributed by atoms with Crippen LogP contribution in [-0.4, -0.2) is 31.8 Å². The average Bonchev–Trinajstić information content (AvgIpc) is 3.19. The molecule has 0 unspecified atom stereocenters. The smallest absolute Gasteiger partial charge is 0.225 e. The minimum atomic E-state index is 0.137. The number of hydrogen-bond donors (Lipinski definition) is 1. The second kappa shape index (κ2) is 8.28. The van der Waals surface area contributed by atoms with Crippen LogP contribution in [0.4, 0.5) is 5.82 Å². The number of halogens is 1. The Morgan fingerprint density at radius 2 is 1.97 bits per heavy atom. The Morgan fingerprint density at radius 1 is 1.10 bits per heavy atom. The van der Waals surface area contributed by atoms with Gasteiger partial charge < -0.3 is 10.1 Å². The predicted molar refractivity (Wildman–Crippen MR) is 113 cm³/mol. The van der Waals surface area contributed by atoms with Crippen LogP contribution in [0.3, 0.4) is 0 Å². The van der Waals surface area contributed by atoms with E-state index in [2.05, 4.69) is 25.4 Å². The molecule has 0 aliphatic rings. The Morgan fingerprint density at radius 3 is 2.69 bits per heavy atom. The third kappa shape index (κ3) is 4.20. The molecule has 0 spiro atoms. The number of methoxy groups -OCH3 is 1. The molecule has 0 bridgehead atoms. The minimum absolute atomic E-state index is 0.137. The van der Waals surface area contributed by atoms with Gasteiger partial charge in [-0.2, -0.15) is 10.1 Å². The largest absolute Gasteiger partial charge is 0.491 e. The lowest BCUT2D eigenvalue weighted by Crippen LogP contribution is -2.06. The number of benzene rings is 1. The molecule has 8 heteroatoms. The van der Waals surface area contributed by atoms with Gasteiger partial charge >= 0.3 is 0 Å². The van der Waals surface area contributed by atoms with Crippen molar-refractivity contribution in [1.82, 2.24) is 24.7 Å². The first kappa shape index (κ1) is 18.9. The molecular weight excluding hydrogens is 388 g/mol. The normalized spacial score (nSPS) is 10.7. The molecule has 1 N–H and O–H groups in total. The molecule has 0 aliphatic heterocycles. The highest BCUT2D eigenvalue weighted by atomic mass is 35.5. The topological polar surface area (TPSA) is 77.8 Å². The van der Waals surface area contributed by atoms with E-state index in [4.69, 9.17) is 16.3 Å². The van der Waals surface area contributed by atoms with E-state index in [0.717, 1.165) is 22.4 Å². The van der Waals surface area contributed by atoms with Gasteiger partial charge in [-0.25, -0.2) is 4.98 Å². The zero-order valence-corrected chi connectivity index (χ0v) is 16.8. The van der Waals surface area contributed by atoms with Crippen LogP contribution < -0.4 is 10.1 Å². The lowest BCUT2D eigenvalue weighted by Gasteiger charge is -2.14. The number of aromatic nitrogens is 5. The first-order chi connectivity index (χ1) is 14.1. The van der Waals surface area contributed by atoms with Gasteiger partial charge in [0.2, 0.25) is 5.28 Å². The van der Waals surface area contributed by atoms with Crippen LogP contribution in [0, 0.1) is 0 Å². The fraction of sp³-hybridized carbons (Fsp3) is 0.143. The number of aryl methyl sites for hydroxylation is 1. The Bertz CT molecular complexity index is 1130. The first-order valence-electron chi connectivity index (χ1n) is 8.99. The molecule has 0 atom stereocenters. The molecule has 29 heavy (non-hydrogen) atoms. The summed E-state index contributed by atoms with van der Waals surface area (Å²) in [6, 6.07) is 13.7. The van der Waals surface area contributed by atoms with Crippen molar-refractivity contribution in [2.75, 3.05) is 12.4 Å². The molecule has 0 amide bonds. The van der Waals surface area contributed by atoms with E-state index in [0.29, 0.717) is 23.8 Å². The van der Waals surface area contributed by atoms with Gasteiger partial charge in [0.1, 0.15) is 5.69 Å². The second-order valence-corrected chi connectivity index (χ2v) is 6.73. The van der Waals surface area contributed by atoms with Crippen molar-refractivity contribution in [2.45, 2.75) is 6.54 Å². The van der Waals surface area contributed by atoms with Gasteiger partial charge in [0, 0.05) is 43.3 Å². The van der Waals surface area contributed by atoms with Gasteiger partial charge in [-0.05, 0) is 35.4 Å². The van der Waals surface area contributed by atoms with Gasteiger partial charge in [-0.3, -0.25) is 9.67 Å². The van der Waals surface area contributed by atoms with E-state index in [-0.39, 0.29) is 5.28 Å². The number of pyridine rings is 1. The number of nitrogens with zero attached hydrogens (tertiary/aromatic N) is 5. The second-order valence-electron chi connectivity index (χ2n) is 6.39. The maximum Gasteiger partial charge on any atom is 0.225 e. The van der Waals surface area contributed by atoms with Gasteiger partial charge in [0.25, 0.3) is 0 Å². The summed E-state index contributed by atoms with van der Waals surface area (Å²) in [6.45, 7) is 0.533. The van der Waals surface area contributed by atoms with E-state index in [1.165, 1.54) is 0 Å². The molecule has 0 saturated heterocycles. The van der Waals surface area contributed by atoms with Crippen LogP contribution >= 0.6 is 11.6 Å². The molecule has 0 saturated carbocycles. The molecule has 0 aliphatic carbocycles. The first-order valence-corrected chi connectivity index (χ1v) is 9.36. The monoisotopic (exact) mass is 406 g/mol. The highest BCUT2D eigenvalue weighted by Gasteiger charge is 2.17. The summed E-state index contributed by atoms with van der Waals surface area (Å²) in [7, 11) is 3.48. The number of anilines is 1. The Kier molecular flexibility index (Phi) is 5.39. The van der Waals surface area contributed by atoms with E-state index >= 15 is 0 Å². The number of nitrogens with one attached hydrogen (secondary N) is 1. The summed E-state index contributed by atoms with van der Waals surface area (Å²) in [6.07, 6.45) is 5.43. The van der Waals surface area contributed by atoms with Crippen LogP contribution in [0.15, 0.2) is 61.1 Å². The molecular formula is C21H19ClN6O. The molecule has 146 valence electrons. The molecule has 1 aromatic carbocycles. The van der Waals surface area contributed by atoms with Crippen molar-refractivity contribution in [3.8, 4) is 28.3 Å². The van der Waals surface area contributed by atoms with Gasteiger partial charge in [0.15, 0.2) is 11.6 Å². The van der Waals surface area contributed by atoms with E-state index in [1.54, 1.807) is 24.2 Å². The summed E-state index contributed by atoms with van der Waals surface area (Å²) in [4.78, 5) is 12.9. The van der Waals surface area contributed by atoms with Crippen LogP contribution in [0.1, 0.15) is 5.56 Å². The van der Waals surface area contributed by atoms with Gasteiger partial charge in [-0.1, -0.05) is 24.3 Å². The molecule has 7 nitrogen and oxygen atoms in total. The lowest BCUT2D eigenvalue weighted by molar-refractivity contribution is 0.414. The van der Waals surface area contributed by atoms with Crippen LogP contribution in [-0.2, 0) is 13.6 Å². The van der Waals surface area contributed by atoms with Crippen molar-refractivity contribution in [3.63, 3.8) is 0 Å². The number of rotatable bonds is 6. The molecule has 4 aromatic rings. The van der Waals surface area contributed by atoms with Crippen LogP contribution in [0.2, 0.25) is 5.28 Å². The summed E-state index contributed by atoms with van der Waals surface area (Å²) in [5, 5.41) is 7.87. The molecule has 0 fully saturated rings. The fourth-order valence-electron chi connectivity index (χ4n) is 3.02. The van der Waals surface area contributed by atoms with E-state index < -0.39 is 0 Å². The van der Waals surface area contributed by atoms with Crippen molar-refractivity contribution >= 4 is 17.4 Å². The van der Waals surface area contributed by atoms with Crippen LogP contribution in [0.25, 0.3) is 22.5 Å². The van der Waals surface area contributed by atoms with Crippen molar-refractivity contribution in [1.29, 1.82) is 0 Å². The van der Waals surface area contributed by atoms with E-state index in [1.807, 2.05) is 55.7 Å². The maximum absolute atomic E-state index is 6.22. The Labute approximate surface area is 173 Å². The number of ether oxygens (including phenoxy) is 1. The highest BCUT2D eigenvalue weighted by molar-refractivity contribution is 6.28. The predicted octanol–water partition coefficient (Wildman–Crippen LogP) is 4.21. The zero-order chi connectivity index (χ0) is 20.2. The Balaban J connectivity index is 1.71. The molecule has 3 aromatic heterocycles. The molecule has 0 radical (unpaired) electrons. The summed E-state index contributed by atoms with van der Waals surface area (Å²) >= 11 is 6.22. The average molecular weight is 407 g/mol. The molecule has 4 rings (SSSR count). The van der Waals surface area contributed by atoms with E-state index in [9.17, 15) is 0 Å². The third-order valence-electron chi connectivity index (χ3n) is 4.37. The summed E-state index contributed by atoms with van der Waals surface area (Å²) in [5.74, 6) is 1.05. The number of hydrogen-bond acceptors (Lipinski definition) is 6. The molecule has 3 heterocycles. The van der Waals surface area contributed by atoms with Crippen LogP contribution in [0.5, 0.6) is 5.75 Å². The third-order valence-corrected chi connectivity index (χ3v) is 4.54. The summed E-state index contributed by atoms with van der Waals surface area (Å²) < 4.78 is 7.41. The minimum Gasteiger partial charge on any atom is -0.491 e.